The van der Waals surface area contributed by atoms with Crippen molar-refractivity contribution in [3.63, 3.8) is 0 Å². The number of amides is 1. The van der Waals surface area contributed by atoms with Gasteiger partial charge >= 0.3 is 0 Å². The molecule has 6 heteroatoms. The number of carbonyl (C=O) groups is 1. The van der Waals surface area contributed by atoms with E-state index in [4.69, 9.17) is 16.7 Å². The molecule has 0 aromatic heterocycles. The molecule has 2 aromatic carbocycles. The summed E-state index contributed by atoms with van der Waals surface area (Å²) in [4.78, 5) is 12.2. The molecule has 0 heterocycles. The maximum atomic E-state index is 12.2. The highest BCUT2D eigenvalue weighted by Gasteiger charge is 2.08. The molecule has 0 saturated heterocycles. The largest absolute Gasteiger partial charge is 0.394 e. The highest BCUT2D eigenvalue weighted by Crippen LogP contribution is 2.17. The van der Waals surface area contributed by atoms with E-state index in [1.807, 2.05) is 0 Å². The molecule has 116 valence electrons. The molecule has 22 heavy (non-hydrogen) atoms. The molecule has 1 atom stereocenters. The van der Waals surface area contributed by atoms with Crippen LogP contribution in [0.1, 0.15) is 10.4 Å². The predicted molar refractivity (Wildman–Crippen MR) is 87.4 cm³/mol. The van der Waals surface area contributed by atoms with Gasteiger partial charge in [0.2, 0.25) is 0 Å². The van der Waals surface area contributed by atoms with Gasteiger partial charge in [-0.25, -0.2) is 0 Å². The Morgan fingerprint density at radius 2 is 1.86 bits per heavy atom. The normalized spacial score (nSPS) is 11.8. The van der Waals surface area contributed by atoms with E-state index in [9.17, 15) is 9.90 Å². The van der Waals surface area contributed by atoms with Gasteiger partial charge in [-0.1, -0.05) is 23.7 Å². The fourth-order valence-electron chi connectivity index (χ4n) is 1.84. The second-order valence-electron chi connectivity index (χ2n) is 4.76. The Bertz CT molecular complexity index is 649. The van der Waals surface area contributed by atoms with E-state index < -0.39 is 6.10 Å². The first-order chi connectivity index (χ1) is 10.6. The molecule has 1 unspecified atom stereocenters. The van der Waals surface area contributed by atoms with Crippen molar-refractivity contribution >= 4 is 28.9 Å². The zero-order valence-corrected chi connectivity index (χ0v) is 12.5. The van der Waals surface area contributed by atoms with E-state index in [0.717, 1.165) is 0 Å². The number of hydrogen-bond donors (Lipinski definition) is 4. The predicted octanol–water partition coefficient (Wildman–Crippen LogP) is 2.36. The van der Waals surface area contributed by atoms with Crippen LogP contribution in [-0.2, 0) is 0 Å². The van der Waals surface area contributed by atoms with Crippen molar-refractivity contribution in [2.45, 2.75) is 6.10 Å². The summed E-state index contributed by atoms with van der Waals surface area (Å²) >= 11 is 5.88. The number of nitrogens with one attached hydrogen (secondary N) is 2. The molecule has 2 rings (SSSR count). The molecule has 0 aliphatic rings. The van der Waals surface area contributed by atoms with Gasteiger partial charge in [-0.2, -0.15) is 0 Å². The van der Waals surface area contributed by atoms with Crippen LogP contribution in [0.3, 0.4) is 0 Å². The number of anilines is 2. The van der Waals surface area contributed by atoms with Crippen molar-refractivity contribution < 1.29 is 15.0 Å². The summed E-state index contributed by atoms with van der Waals surface area (Å²) in [6.07, 6.45) is -0.844. The SMILES string of the molecule is O=C(Nc1cccc(Cl)c1)c1cccc(NCC(O)CO)c1. The Morgan fingerprint density at radius 1 is 1.14 bits per heavy atom. The fraction of sp³-hybridized carbons (Fsp3) is 0.188. The summed E-state index contributed by atoms with van der Waals surface area (Å²) in [7, 11) is 0. The lowest BCUT2D eigenvalue weighted by Crippen LogP contribution is -2.23. The molecular weight excluding hydrogens is 304 g/mol. The maximum absolute atomic E-state index is 12.2. The van der Waals surface area contributed by atoms with Gasteiger partial charge in [0, 0.05) is 28.5 Å². The van der Waals surface area contributed by atoms with Gasteiger partial charge in [-0.15, -0.1) is 0 Å². The van der Waals surface area contributed by atoms with Crippen LogP contribution in [0.25, 0.3) is 0 Å². The highest BCUT2D eigenvalue weighted by molar-refractivity contribution is 6.30. The van der Waals surface area contributed by atoms with Crippen molar-refractivity contribution in [3.05, 3.63) is 59.1 Å². The molecule has 0 bridgehead atoms. The number of benzene rings is 2. The van der Waals surface area contributed by atoms with Crippen molar-refractivity contribution in [2.24, 2.45) is 0 Å². The quantitative estimate of drug-likeness (QED) is 0.658. The summed E-state index contributed by atoms with van der Waals surface area (Å²) in [6.45, 7) is -0.113. The Morgan fingerprint density at radius 3 is 2.59 bits per heavy atom. The third-order valence-corrected chi connectivity index (χ3v) is 3.19. The zero-order chi connectivity index (χ0) is 15.9. The van der Waals surface area contributed by atoms with E-state index in [-0.39, 0.29) is 19.1 Å². The van der Waals surface area contributed by atoms with Crippen LogP contribution in [0, 0.1) is 0 Å². The van der Waals surface area contributed by atoms with Crippen LogP contribution < -0.4 is 10.6 Å². The summed E-state index contributed by atoms with van der Waals surface area (Å²) in [5.74, 6) is -0.256. The molecule has 0 fully saturated rings. The average molecular weight is 321 g/mol. The number of rotatable bonds is 6. The van der Waals surface area contributed by atoms with Crippen LogP contribution in [0.4, 0.5) is 11.4 Å². The first-order valence-electron chi connectivity index (χ1n) is 6.78. The van der Waals surface area contributed by atoms with Gasteiger partial charge in [0.25, 0.3) is 5.91 Å². The Kier molecular flexibility index (Phi) is 5.77. The first kappa shape index (κ1) is 16.3. The number of aliphatic hydroxyl groups is 2. The lowest BCUT2D eigenvalue weighted by Gasteiger charge is -2.11. The summed E-state index contributed by atoms with van der Waals surface area (Å²) < 4.78 is 0. The molecule has 0 radical (unpaired) electrons. The van der Waals surface area contributed by atoms with Crippen molar-refractivity contribution in [1.82, 2.24) is 0 Å². The standard InChI is InChI=1S/C16H17ClN2O3/c17-12-4-2-6-14(8-12)19-16(22)11-3-1-5-13(7-11)18-9-15(21)10-20/h1-8,15,18,20-21H,9-10H2,(H,19,22). The first-order valence-corrected chi connectivity index (χ1v) is 7.16. The van der Waals surface area contributed by atoms with E-state index >= 15 is 0 Å². The Hall–Kier alpha value is -2.08. The Balaban J connectivity index is 2.03. The molecule has 2 aromatic rings. The van der Waals surface area contributed by atoms with Crippen LogP contribution in [0.15, 0.2) is 48.5 Å². The molecule has 0 aliphatic carbocycles. The van der Waals surface area contributed by atoms with Gasteiger partial charge in [-0.3, -0.25) is 4.79 Å². The van der Waals surface area contributed by atoms with E-state index in [0.29, 0.717) is 22.0 Å². The second kappa shape index (κ2) is 7.79. The topological polar surface area (TPSA) is 81.6 Å². The van der Waals surface area contributed by atoms with Gasteiger partial charge in [0.15, 0.2) is 0 Å². The highest BCUT2D eigenvalue weighted by atomic mass is 35.5. The molecule has 0 aliphatic heterocycles. The van der Waals surface area contributed by atoms with E-state index in [1.54, 1.807) is 48.5 Å². The van der Waals surface area contributed by atoms with Crippen LogP contribution >= 0.6 is 11.6 Å². The van der Waals surface area contributed by atoms with Crippen molar-refractivity contribution in [1.29, 1.82) is 0 Å². The van der Waals surface area contributed by atoms with Crippen LogP contribution in [0.2, 0.25) is 5.02 Å². The smallest absolute Gasteiger partial charge is 0.255 e. The van der Waals surface area contributed by atoms with Crippen molar-refractivity contribution in [3.8, 4) is 0 Å². The molecule has 4 N–H and O–H groups in total. The molecule has 1 amide bonds. The molecule has 5 nitrogen and oxygen atoms in total. The second-order valence-corrected chi connectivity index (χ2v) is 5.20. The van der Waals surface area contributed by atoms with Gasteiger partial charge in [-0.05, 0) is 36.4 Å². The van der Waals surface area contributed by atoms with Gasteiger partial charge < -0.3 is 20.8 Å². The molecule has 0 spiro atoms. The number of aliphatic hydroxyl groups excluding tert-OH is 2. The third-order valence-electron chi connectivity index (χ3n) is 2.96. The lowest BCUT2D eigenvalue weighted by molar-refractivity contribution is 0.102. The summed E-state index contributed by atoms with van der Waals surface area (Å²) in [5.41, 5.74) is 1.78. The lowest BCUT2D eigenvalue weighted by atomic mass is 10.1. The zero-order valence-electron chi connectivity index (χ0n) is 11.8. The number of carbonyl (C=O) groups excluding carboxylic acids is 1. The monoisotopic (exact) mass is 320 g/mol. The molecule has 0 saturated carbocycles. The van der Waals surface area contributed by atoms with Gasteiger partial charge in [0.05, 0.1) is 12.7 Å². The van der Waals surface area contributed by atoms with Crippen LogP contribution in [-0.4, -0.2) is 35.4 Å². The fourth-order valence-corrected chi connectivity index (χ4v) is 2.03. The Labute approximate surface area is 133 Å². The minimum Gasteiger partial charge on any atom is -0.394 e. The number of hydrogen-bond acceptors (Lipinski definition) is 4. The van der Waals surface area contributed by atoms with E-state index in [1.165, 1.54) is 0 Å². The summed E-state index contributed by atoms with van der Waals surface area (Å²) in [5, 5.41) is 24.4. The van der Waals surface area contributed by atoms with Crippen LogP contribution in [0.5, 0.6) is 0 Å². The number of halogens is 1. The minimum absolute atomic E-state index is 0.204. The van der Waals surface area contributed by atoms with E-state index in [2.05, 4.69) is 10.6 Å². The third kappa shape index (κ3) is 4.73. The average Bonchev–Trinajstić information content (AvgIpc) is 2.53. The molecular formula is C16H17ClN2O3. The minimum atomic E-state index is -0.844. The van der Waals surface area contributed by atoms with Gasteiger partial charge in [0.1, 0.15) is 0 Å². The maximum Gasteiger partial charge on any atom is 0.255 e. The summed E-state index contributed by atoms with van der Waals surface area (Å²) in [6, 6.07) is 13.8. The van der Waals surface area contributed by atoms with Crippen molar-refractivity contribution in [2.75, 3.05) is 23.8 Å².